The van der Waals surface area contributed by atoms with Crippen LogP contribution in [-0.2, 0) is 6.42 Å². The molecule has 2 saturated heterocycles. The second kappa shape index (κ2) is 9.24. The Morgan fingerprint density at radius 1 is 1.10 bits per heavy atom. The molecular weight excluding hydrogens is 366 g/mol. The fourth-order valence-corrected chi connectivity index (χ4v) is 4.37. The van der Waals surface area contributed by atoms with Crippen molar-refractivity contribution in [1.29, 1.82) is 0 Å². The van der Waals surface area contributed by atoms with Gasteiger partial charge >= 0.3 is 0 Å². The Labute approximate surface area is 173 Å². The van der Waals surface area contributed by atoms with Gasteiger partial charge in [-0.1, -0.05) is 44.2 Å². The molecule has 2 aliphatic heterocycles. The van der Waals surface area contributed by atoms with Crippen LogP contribution < -0.4 is 4.90 Å². The molecule has 1 aromatic heterocycles. The number of anilines is 1. The van der Waals surface area contributed by atoms with E-state index in [9.17, 15) is 5.11 Å². The fourth-order valence-electron chi connectivity index (χ4n) is 4.37. The zero-order valence-electron chi connectivity index (χ0n) is 17.6. The molecule has 4 rings (SSSR count). The number of hydrogen-bond donors (Lipinski definition) is 1. The van der Waals surface area contributed by atoms with E-state index in [0.717, 1.165) is 52.1 Å². The third-order valence-electron chi connectivity index (χ3n) is 6.19. The molecule has 0 spiro atoms. The van der Waals surface area contributed by atoms with Crippen LogP contribution >= 0.6 is 0 Å². The second-order valence-electron chi connectivity index (χ2n) is 8.57. The number of aromatic nitrogens is 2. The van der Waals surface area contributed by atoms with Crippen molar-refractivity contribution in [3.63, 3.8) is 0 Å². The normalized spacial score (nSPS) is 24.3. The SMILES string of the molecule is CC(C)c1nc(N2CC[C@H](N3CCN(CCc4ccccc4)CC3)[C@@H](O)C2)no1. The van der Waals surface area contributed by atoms with Gasteiger partial charge in [0.15, 0.2) is 0 Å². The molecule has 1 aromatic carbocycles. The number of rotatable bonds is 6. The number of aliphatic hydroxyl groups is 1. The molecule has 7 nitrogen and oxygen atoms in total. The van der Waals surface area contributed by atoms with Crippen LogP contribution in [0.3, 0.4) is 0 Å². The van der Waals surface area contributed by atoms with Gasteiger partial charge in [0.05, 0.1) is 6.10 Å². The van der Waals surface area contributed by atoms with Gasteiger partial charge in [-0.05, 0) is 23.6 Å². The second-order valence-corrected chi connectivity index (χ2v) is 8.57. The van der Waals surface area contributed by atoms with Crippen LogP contribution in [0.4, 0.5) is 5.95 Å². The van der Waals surface area contributed by atoms with Crippen LogP contribution in [-0.4, -0.2) is 83.0 Å². The van der Waals surface area contributed by atoms with Gasteiger partial charge in [-0.2, -0.15) is 4.98 Å². The molecule has 2 aliphatic rings. The summed E-state index contributed by atoms with van der Waals surface area (Å²) in [6, 6.07) is 10.9. The van der Waals surface area contributed by atoms with Crippen LogP contribution in [0.15, 0.2) is 34.9 Å². The fraction of sp³-hybridized carbons (Fsp3) is 0.636. The van der Waals surface area contributed by atoms with Crippen LogP contribution in [0.2, 0.25) is 0 Å². The third-order valence-corrected chi connectivity index (χ3v) is 6.19. The monoisotopic (exact) mass is 399 g/mol. The van der Waals surface area contributed by atoms with E-state index in [-0.39, 0.29) is 18.1 Å². The Kier molecular flexibility index (Phi) is 6.47. The average Bonchev–Trinajstić information content (AvgIpc) is 3.24. The lowest BCUT2D eigenvalue weighted by molar-refractivity contribution is 0.00949. The zero-order chi connectivity index (χ0) is 20.2. The first-order valence-electron chi connectivity index (χ1n) is 10.9. The molecule has 3 heterocycles. The largest absolute Gasteiger partial charge is 0.390 e. The van der Waals surface area contributed by atoms with Gasteiger partial charge in [-0.25, -0.2) is 0 Å². The minimum atomic E-state index is -0.388. The minimum Gasteiger partial charge on any atom is -0.390 e. The first-order chi connectivity index (χ1) is 14.1. The van der Waals surface area contributed by atoms with Gasteiger partial charge in [0.1, 0.15) is 0 Å². The van der Waals surface area contributed by atoms with E-state index in [1.54, 1.807) is 0 Å². The molecule has 0 bridgehead atoms. The van der Waals surface area contributed by atoms with E-state index >= 15 is 0 Å². The van der Waals surface area contributed by atoms with Gasteiger partial charge in [0, 0.05) is 57.8 Å². The predicted molar refractivity (Wildman–Crippen MR) is 113 cm³/mol. The maximum Gasteiger partial charge on any atom is 0.266 e. The van der Waals surface area contributed by atoms with Crippen molar-refractivity contribution in [3.05, 3.63) is 41.8 Å². The van der Waals surface area contributed by atoms with Crippen molar-refractivity contribution in [3.8, 4) is 0 Å². The first-order valence-corrected chi connectivity index (χ1v) is 10.9. The number of benzene rings is 1. The molecule has 0 aliphatic carbocycles. The highest BCUT2D eigenvalue weighted by Crippen LogP contribution is 2.23. The lowest BCUT2D eigenvalue weighted by Crippen LogP contribution is -2.59. The van der Waals surface area contributed by atoms with Crippen LogP contribution in [0.25, 0.3) is 0 Å². The molecular formula is C22H33N5O2. The number of β-amino-alcohol motifs (C(OH)–C–C–N with tert-alkyl or cyclic N) is 1. The molecule has 2 fully saturated rings. The molecule has 2 aromatic rings. The van der Waals surface area contributed by atoms with Crippen molar-refractivity contribution in [2.24, 2.45) is 0 Å². The molecule has 0 saturated carbocycles. The first kappa shape index (κ1) is 20.3. The van der Waals surface area contributed by atoms with Crippen molar-refractivity contribution in [1.82, 2.24) is 19.9 Å². The van der Waals surface area contributed by atoms with Crippen molar-refractivity contribution < 1.29 is 9.63 Å². The summed E-state index contributed by atoms with van der Waals surface area (Å²) in [5, 5.41) is 14.9. The van der Waals surface area contributed by atoms with E-state index in [4.69, 9.17) is 4.52 Å². The Hall–Kier alpha value is -1.96. The summed E-state index contributed by atoms with van der Waals surface area (Å²) in [5.74, 6) is 1.48. The summed E-state index contributed by atoms with van der Waals surface area (Å²) >= 11 is 0. The number of aliphatic hydroxyl groups excluding tert-OH is 1. The summed E-state index contributed by atoms with van der Waals surface area (Å²) < 4.78 is 5.32. The van der Waals surface area contributed by atoms with E-state index in [0.29, 0.717) is 18.4 Å². The number of piperidine rings is 1. The Balaban J connectivity index is 1.24. The summed E-state index contributed by atoms with van der Waals surface area (Å²) in [6.45, 7) is 10.8. The molecule has 7 heteroatoms. The van der Waals surface area contributed by atoms with Gasteiger partial charge in [0.25, 0.3) is 5.95 Å². The smallest absolute Gasteiger partial charge is 0.266 e. The molecule has 2 atom stereocenters. The van der Waals surface area contributed by atoms with Crippen molar-refractivity contribution in [2.75, 3.05) is 50.7 Å². The van der Waals surface area contributed by atoms with Crippen LogP contribution in [0, 0.1) is 0 Å². The molecule has 0 amide bonds. The van der Waals surface area contributed by atoms with Crippen LogP contribution in [0.1, 0.15) is 37.6 Å². The summed E-state index contributed by atoms with van der Waals surface area (Å²) in [4.78, 5) is 11.5. The number of piperazine rings is 1. The molecule has 0 radical (unpaired) electrons. The van der Waals surface area contributed by atoms with Gasteiger partial charge in [0.2, 0.25) is 5.89 Å². The van der Waals surface area contributed by atoms with E-state index in [1.807, 2.05) is 18.7 Å². The summed E-state index contributed by atoms with van der Waals surface area (Å²) in [7, 11) is 0. The highest BCUT2D eigenvalue weighted by Gasteiger charge is 2.35. The molecule has 1 N–H and O–H groups in total. The van der Waals surface area contributed by atoms with Crippen molar-refractivity contribution >= 4 is 5.95 Å². The maximum absolute atomic E-state index is 10.8. The van der Waals surface area contributed by atoms with Gasteiger partial charge in [-0.15, -0.1) is 0 Å². The number of nitrogens with zero attached hydrogens (tertiary/aromatic N) is 5. The minimum absolute atomic E-state index is 0.219. The maximum atomic E-state index is 10.8. The molecule has 29 heavy (non-hydrogen) atoms. The summed E-state index contributed by atoms with van der Waals surface area (Å²) in [5.41, 5.74) is 1.40. The third kappa shape index (κ3) is 4.97. The Morgan fingerprint density at radius 3 is 2.52 bits per heavy atom. The standard InChI is InChI=1S/C22H33N5O2/c1-17(2)21-23-22(24-29-21)27-11-9-19(20(28)16-27)26-14-12-25(13-15-26)10-8-18-6-4-3-5-7-18/h3-7,17,19-20,28H,8-16H2,1-2H3/t19-,20-/m0/s1. The van der Waals surface area contributed by atoms with E-state index in [2.05, 4.69) is 50.3 Å². The predicted octanol–water partition coefficient (Wildman–Crippen LogP) is 1.99. The van der Waals surface area contributed by atoms with Gasteiger partial charge < -0.3 is 19.4 Å². The summed E-state index contributed by atoms with van der Waals surface area (Å²) in [6.07, 6.45) is 1.64. The zero-order valence-corrected chi connectivity index (χ0v) is 17.6. The van der Waals surface area contributed by atoms with E-state index < -0.39 is 0 Å². The topological polar surface area (TPSA) is 68.9 Å². The quantitative estimate of drug-likeness (QED) is 0.797. The van der Waals surface area contributed by atoms with Crippen LogP contribution in [0.5, 0.6) is 0 Å². The lowest BCUT2D eigenvalue weighted by Gasteiger charge is -2.44. The molecule has 158 valence electrons. The average molecular weight is 400 g/mol. The highest BCUT2D eigenvalue weighted by molar-refractivity contribution is 5.30. The number of hydrogen-bond acceptors (Lipinski definition) is 7. The van der Waals surface area contributed by atoms with E-state index in [1.165, 1.54) is 5.56 Å². The Morgan fingerprint density at radius 2 is 1.86 bits per heavy atom. The molecule has 0 unspecified atom stereocenters. The Bertz CT molecular complexity index is 758. The highest BCUT2D eigenvalue weighted by atomic mass is 16.5. The van der Waals surface area contributed by atoms with Crippen molar-refractivity contribution in [2.45, 2.75) is 44.8 Å². The lowest BCUT2D eigenvalue weighted by atomic mass is 9.99. The van der Waals surface area contributed by atoms with Gasteiger partial charge in [-0.3, -0.25) is 4.90 Å².